The number of fused-ring (bicyclic) bond motifs is 2. The van der Waals surface area contributed by atoms with Gasteiger partial charge in [0.25, 0.3) is 0 Å². The molecule has 0 saturated heterocycles. The Kier molecular flexibility index (Phi) is 2.33. The first-order chi connectivity index (χ1) is 8.18. The first-order valence-corrected chi connectivity index (χ1v) is 6.43. The van der Waals surface area contributed by atoms with Crippen LogP contribution in [0.5, 0.6) is 0 Å². The van der Waals surface area contributed by atoms with Crippen LogP contribution in [-0.4, -0.2) is 6.04 Å². The Morgan fingerprint density at radius 3 is 2.82 bits per heavy atom. The van der Waals surface area contributed by atoms with Crippen LogP contribution >= 0.6 is 11.8 Å². The summed E-state index contributed by atoms with van der Waals surface area (Å²) in [6.07, 6.45) is 1.62. The van der Waals surface area contributed by atoms with Gasteiger partial charge in [0.15, 0.2) is 5.09 Å². The molecule has 1 aromatic carbocycles. The van der Waals surface area contributed by atoms with Gasteiger partial charge in [-0.3, -0.25) is 0 Å². The van der Waals surface area contributed by atoms with Crippen LogP contribution in [0.2, 0.25) is 0 Å². The summed E-state index contributed by atoms with van der Waals surface area (Å²) in [5.74, 6) is 0. The molecule has 2 N–H and O–H groups in total. The van der Waals surface area contributed by atoms with Crippen molar-refractivity contribution in [1.29, 1.82) is 0 Å². The molecule has 0 atom stereocenters. The Balaban J connectivity index is 2.22. The lowest BCUT2D eigenvalue weighted by Crippen LogP contribution is -2.28. The van der Waals surface area contributed by atoms with Gasteiger partial charge in [-0.1, -0.05) is 12.1 Å². The van der Waals surface area contributed by atoms with Gasteiger partial charge in [-0.05, 0) is 37.7 Å². The molecule has 1 aliphatic heterocycles. The molecule has 0 bridgehead atoms. The molecule has 1 aromatic heterocycles. The van der Waals surface area contributed by atoms with E-state index in [-0.39, 0.29) is 0 Å². The molecule has 0 radical (unpaired) electrons. The summed E-state index contributed by atoms with van der Waals surface area (Å²) >= 11 is 1.64. The fraction of sp³-hybridized carbons (Fsp3) is 0.231. The fourth-order valence-corrected chi connectivity index (χ4v) is 3.18. The van der Waals surface area contributed by atoms with E-state index >= 15 is 0 Å². The molecule has 1 aliphatic rings. The summed E-state index contributed by atoms with van der Waals surface area (Å²) in [6.45, 7) is 4.31. The number of furan rings is 1. The van der Waals surface area contributed by atoms with E-state index in [0.29, 0.717) is 11.7 Å². The Bertz CT molecular complexity index is 562. The van der Waals surface area contributed by atoms with Gasteiger partial charge < -0.3 is 15.1 Å². The second-order valence-electron chi connectivity index (χ2n) is 4.36. The van der Waals surface area contributed by atoms with E-state index < -0.39 is 0 Å². The van der Waals surface area contributed by atoms with E-state index in [2.05, 4.69) is 36.9 Å². The SMILES string of the molecule is CC(C)N1c2ccccc2Sc2occ(N)c21. The number of hydrogen-bond donors (Lipinski definition) is 1. The molecular formula is C13H14N2OS. The molecular weight excluding hydrogens is 232 g/mol. The standard InChI is InChI=1S/C13H14N2OS/c1-8(2)15-10-5-3-4-6-11(10)17-13-12(15)9(14)7-16-13/h3-8H,14H2,1-2H3. The molecule has 88 valence electrons. The van der Waals surface area contributed by atoms with Crippen molar-refractivity contribution in [2.75, 3.05) is 10.6 Å². The minimum absolute atomic E-state index is 0.343. The first-order valence-electron chi connectivity index (χ1n) is 5.61. The number of anilines is 3. The molecule has 0 amide bonds. The summed E-state index contributed by atoms with van der Waals surface area (Å²) in [5, 5.41) is 0.884. The highest BCUT2D eigenvalue weighted by Crippen LogP contribution is 2.51. The maximum atomic E-state index is 6.00. The fourth-order valence-electron chi connectivity index (χ4n) is 2.16. The van der Waals surface area contributed by atoms with Crippen LogP contribution in [0, 0.1) is 0 Å². The van der Waals surface area contributed by atoms with Crippen molar-refractivity contribution in [1.82, 2.24) is 0 Å². The third-order valence-electron chi connectivity index (χ3n) is 2.84. The van der Waals surface area contributed by atoms with Crippen molar-refractivity contribution in [2.24, 2.45) is 0 Å². The van der Waals surface area contributed by atoms with Crippen molar-refractivity contribution in [3.8, 4) is 0 Å². The van der Waals surface area contributed by atoms with E-state index in [1.165, 1.54) is 10.6 Å². The molecule has 2 aromatic rings. The Hall–Kier alpha value is -1.55. The number of nitrogen functional groups attached to an aromatic ring is 1. The van der Waals surface area contributed by atoms with Gasteiger partial charge in [-0.25, -0.2) is 0 Å². The Morgan fingerprint density at radius 2 is 2.06 bits per heavy atom. The quantitative estimate of drug-likeness (QED) is 0.829. The number of benzene rings is 1. The van der Waals surface area contributed by atoms with Gasteiger partial charge in [0, 0.05) is 10.9 Å². The van der Waals surface area contributed by atoms with E-state index in [4.69, 9.17) is 10.2 Å². The highest BCUT2D eigenvalue weighted by molar-refractivity contribution is 7.99. The van der Waals surface area contributed by atoms with Crippen LogP contribution in [0.1, 0.15) is 13.8 Å². The lowest BCUT2D eigenvalue weighted by Gasteiger charge is -2.33. The average Bonchev–Trinajstić information content (AvgIpc) is 2.67. The largest absolute Gasteiger partial charge is 0.453 e. The van der Waals surface area contributed by atoms with E-state index in [0.717, 1.165) is 10.8 Å². The molecule has 2 heterocycles. The molecule has 3 rings (SSSR count). The maximum Gasteiger partial charge on any atom is 0.190 e. The summed E-state index contributed by atoms with van der Waals surface area (Å²) in [5.41, 5.74) is 8.91. The number of rotatable bonds is 1. The predicted molar refractivity (Wildman–Crippen MR) is 71.0 cm³/mol. The number of nitrogens with zero attached hydrogens (tertiary/aromatic N) is 1. The van der Waals surface area contributed by atoms with Gasteiger partial charge in [0.05, 0.1) is 11.4 Å². The van der Waals surface area contributed by atoms with Gasteiger partial charge in [0.1, 0.15) is 12.0 Å². The monoisotopic (exact) mass is 246 g/mol. The Labute approximate surface area is 105 Å². The molecule has 17 heavy (non-hydrogen) atoms. The van der Waals surface area contributed by atoms with Gasteiger partial charge in [-0.2, -0.15) is 0 Å². The van der Waals surface area contributed by atoms with Crippen LogP contribution in [0.3, 0.4) is 0 Å². The number of hydrogen-bond acceptors (Lipinski definition) is 4. The van der Waals surface area contributed by atoms with Crippen LogP contribution in [0.15, 0.2) is 44.9 Å². The van der Waals surface area contributed by atoms with Gasteiger partial charge in [-0.15, -0.1) is 0 Å². The number of nitrogens with two attached hydrogens (primary N) is 1. The molecule has 0 aliphatic carbocycles. The summed E-state index contributed by atoms with van der Waals surface area (Å²) < 4.78 is 5.52. The highest BCUT2D eigenvalue weighted by Gasteiger charge is 2.29. The minimum atomic E-state index is 0.343. The highest BCUT2D eigenvalue weighted by atomic mass is 32.2. The van der Waals surface area contributed by atoms with Crippen LogP contribution < -0.4 is 10.6 Å². The van der Waals surface area contributed by atoms with Gasteiger partial charge >= 0.3 is 0 Å². The van der Waals surface area contributed by atoms with Crippen LogP contribution in [-0.2, 0) is 0 Å². The summed E-state index contributed by atoms with van der Waals surface area (Å²) in [7, 11) is 0. The zero-order chi connectivity index (χ0) is 12.0. The second kappa shape index (κ2) is 3.74. The van der Waals surface area contributed by atoms with Crippen molar-refractivity contribution in [3.63, 3.8) is 0 Å². The summed E-state index contributed by atoms with van der Waals surface area (Å²) in [6, 6.07) is 8.67. The third-order valence-corrected chi connectivity index (χ3v) is 3.88. The lowest BCUT2D eigenvalue weighted by molar-refractivity contribution is 0.472. The molecule has 0 fully saturated rings. The molecule has 4 heteroatoms. The minimum Gasteiger partial charge on any atom is -0.453 e. The number of para-hydroxylation sites is 1. The zero-order valence-corrected chi connectivity index (χ0v) is 10.6. The lowest BCUT2D eigenvalue weighted by atomic mass is 10.2. The molecule has 3 nitrogen and oxygen atoms in total. The topological polar surface area (TPSA) is 42.4 Å². The van der Waals surface area contributed by atoms with Gasteiger partial charge in [0.2, 0.25) is 0 Å². The van der Waals surface area contributed by atoms with Crippen molar-refractivity contribution >= 4 is 28.8 Å². The maximum absolute atomic E-state index is 6.00. The zero-order valence-electron chi connectivity index (χ0n) is 9.81. The van der Waals surface area contributed by atoms with E-state index in [1.54, 1.807) is 18.0 Å². The molecule has 0 spiro atoms. The van der Waals surface area contributed by atoms with Crippen molar-refractivity contribution in [3.05, 3.63) is 30.5 Å². The average molecular weight is 246 g/mol. The first kappa shape index (κ1) is 10.6. The Morgan fingerprint density at radius 1 is 1.29 bits per heavy atom. The van der Waals surface area contributed by atoms with Crippen LogP contribution in [0.4, 0.5) is 17.1 Å². The van der Waals surface area contributed by atoms with Crippen molar-refractivity contribution < 1.29 is 4.42 Å². The van der Waals surface area contributed by atoms with Crippen molar-refractivity contribution in [2.45, 2.75) is 29.9 Å². The van der Waals surface area contributed by atoms with Crippen LogP contribution in [0.25, 0.3) is 0 Å². The smallest absolute Gasteiger partial charge is 0.190 e. The third kappa shape index (κ3) is 1.52. The van der Waals surface area contributed by atoms with E-state index in [1.807, 2.05) is 6.07 Å². The summed E-state index contributed by atoms with van der Waals surface area (Å²) in [4.78, 5) is 3.45. The predicted octanol–water partition coefficient (Wildman–Crippen LogP) is 3.87. The molecule has 0 saturated carbocycles. The molecule has 0 unspecified atom stereocenters. The van der Waals surface area contributed by atoms with E-state index in [9.17, 15) is 0 Å². The second-order valence-corrected chi connectivity index (χ2v) is 5.38. The normalized spacial score (nSPS) is 13.7.